The predicted molar refractivity (Wildman–Crippen MR) is 167 cm³/mol. The zero-order valence-electron chi connectivity index (χ0n) is 24.9. The molecule has 0 aliphatic heterocycles. The van der Waals surface area contributed by atoms with Gasteiger partial charge in [0.25, 0.3) is 0 Å². The zero-order valence-corrected chi connectivity index (χ0v) is 25.9. The molecule has 0 spiro atoms. The molecule has 0 amide bonds. The Morgan fingerprint density at radius 3 is 1.21 bits per heavy atom. The first-order valence-corrected chi connectivity index (χ1v) is 15.4. The molecule has 206 valence electrons. The third-order valence-corrected chi connectivity index (χ3v) is 9.60. The third-order valence-electron chi connectivity index (χ3n) is 7.04. The molecule has 0 fully saturated rings. The molecule has 4 aromatic carbocycles. The minimum absolute atomic E-state index is 0.00658. The molecule has 0 bridgehead atoms. The van der Waals surface area contributed by atoms with E-state index < -0.39 is 7.94 Å². The maximum absolute atomic E-state index is 7.09. The summed E-state index contributed by atoms with van der Waals surface area (Å²) in [5.74, 6) is 2.27. The molecule has 0 saturated heterocycles. The van der Waals surface area contributed by atoms with Gasteiger partial charge in [0, 0.05) is 0 Å². The van der Waals surface area contributed by atoms with Crippen molar-refractivity contribution in [1.29, 1.82) is 0 Å². The summed E-state index contributed by atoms with van der Waals surface area (Å²) in [4.78, 5) is 0. The molecule has 0 atom stereocenters. The van der Waals surface area contributed by atoms with Crippen LogP contribution in [0.15, 0.2) is 91.0 Å². The fourth-order valence-electron chi connectivity index (χ4n) is 4.57. The number of rotatable bonds is 7. The fraction of sp³-hybridized carbons (Fsp3) is 0.314. The van der Waals surface area contributed by atoms with Gasteiger partial charge < -0.3 is 0 Å². The number of aryl methyl sites for hydroxylation is 3. The van der Waals surface area contributed by atoms with Crippen molar-refractivity contribution in [1.82, 2.24) is 0 Å². The Morgan fingerprint density at radius 1 is 0.487 bits per heavy atom. The Labute approximate surface area is 235 Å². The van der Waals surface area contributed by atoms with Gasteiger partial charge in [-0.25, -0.2) is 0 Å². The normalized spacial score (nSPS) is 12.6. The number of para-hydroxylation sites is 3. The van der Waals surface area contributed by atoms with Crippen molar-refractivity contribution in [3.05, 3.63) is 119 Å². The van der Waals surface area contributed by atoms with E-state index in [1.165, 1.54) is 5.56 Å². The molecular weight excluding hydrogens is 499 g/mol. The van der Waals surface area contributed by atoms with Gasteiger partial charge in [-0.2, -0.15) is 0 Å². The Bertz CT molecular complexity index is 1330. The van der Waals surface area contributed by atoms with Crippen LogP contribution < -0.4 is 18.9 Å². The van der Waals surface area contributed by atoms with Crippen LogP contribution in [0.4, 0.5) is 0 Å². The van der Waals surface area contributed by atoms with Crippen molar-refractivity contribution < 1.29 is 13.6 Å². The van der Waals surface area contributed by atoms with Crippen LogP contribution in [0, 0.1) is 20.8 Å². The van der Waals surface area contributed by atoms with E-state index in [0.717, 1.165) is 44.8 Å². The molecule has 0 aromatic heterocycles. The molecule has 4 rings (SSSR count). The van der Waals surface area contributed by atoms with E-state index in [0.29, 0.717) is 0 Å². The summed E-state index contributed by atoms with van der Waals surface area (Å²) >= 11 is 0. The average molecular weight is 543 g/mol. The van der Waals surface area contributed by atoms with Gasteiger partial charge in [-0.15, -0.1) is 0 Å². The van der Waals surface area contributed by atoms with Crippen LogP contribution in [0.1, 0.15) is 69.4 Å². The standard InChI is InChI=1S/C35H43O3P/c1-25-16-10-13-19-30(25)36-39(37-31-20-14-11-17-26(31)2,38-32-21-15-12-18-27(32)3)33-23-22-28(34(4,5)6)24-29(33)35(7,8)9/h10-24,39H,1-9H3. The molecule has 39 heavy (non-hydrogen) atoms. The topological polar surface area (TPSA) is 27.7 Å². The second kappa shape index (κ2) is 11.1. The number of hydrogen-bond donors (Lipinski definition) is 0. The molecule has 0 heterocycles. The summed E-state index contributed by atoms with van der Waals surface area (Å²) in [6, 6.07) is 30.9. The summed E-state index contributed by atoms with van der Waals surface area (Å²) in [6.45, 7) is 19.6. The third kappa shape index (κ3) is 6.48. The molecule has 0 N–H and O–H groups in total. The molecule has 0 radical (unpaired) electrons. The fourth-order valence-corrected chi connectivity index (χ4v) is 7.65. The van der Waals surface area contributed by atoms with Crippen molar-refractivity contribution in [3.63, 3.8) is 0 Å². The molecule has 0 unspecified atom stereocenters. The minimum atomic E-state index is -3.72. The van der Waals surface area contributed by atoms with Crippen molar-refractivity contribution in [3.8, 4) is 17.2 Å². The van der Waals surface area contributed by atoms with Crippen molar-refractivity contribution >= 4 is 13.2 Å². The van der Waals surface area contributed by atoms with Crippen LogP contribution >= 0.6 is 7.94 Å². The summed E-state index contributed by atoms with van der Waals surface area (Å²) in [6.07, 6.45) is 0. The SMILES string of the molecule is Cc1ccccc1O[PH](Oc1ccccc1C)(Oc1ccccc1C)c1ccc(C(C)(C)C)cc1C(C)(C)C. The summed E-state index contributed by atoms with van der Waals surface area (Å²) in [7, 11) is -3.72. The van der Waals surface area contributed by atoms with Crippen LogP contribution in [-0.4, -0.2) is 0 Å². The second-order valence-corrected chi connectivity index (χ2v) is 14.7. The van der Waals surface area contributed by atoms with Gasteiger partial charge in [0.2, 0.25) is 0 Å². The quantitative estimate of drug-likeness (QED) is 0.218. The summed E-state index contributed by atoms with van der Waals surface area (Å²) in [5, 5.41) is 0.970. The van der Waals surface area contributed by atoms with E-state index in [9.17, 15) is 0 Å². The Balaban J connectivity index is 2.07. The van der Waals surface area contributed by atoms with Gasteiger partial charge in [-0.05, 0) is 0 Å². The predicted octanol–water partition coefficient (Wildman–Crippen LogP) is 9.56. The van der Waals surface area contributed by atoms with Crippen LogP contribution in [0.25, 0.3) is 0 Å². The molecular formula is C35H43O3P. The van der Waals surface area contributed by atoms with Gasteiger partial charge in [-0.3, -0.25) is 0 Å². The van der Waals surface area contributed by atoms with E-state index in [1.807, 2.05) is 54.6 Å². The monoisotopic (exact) mass is 542 g/mol. The van der Waals surface area contributed by atoms with Crippen molar-refractivity contribution in [2.45, 2.75) is 73.1 Å². The molecule has 0 aliphatic rings. The molecule has 0 aliphatic carbocycles. The summed E-state index contributed by atoms with van der Waals surface area (Å²) in [5.41, 5.74) is 5.32. The zero-order chi connectivity index (χ0) is 28.4. The molecule has 4 aromatic rings. The first-order chi connectivity index (χ1) is 18.3. The van der Waals surface area contributed by atoms with Gasteiger partial charge >= 0.3 is 236 Å². The number of hydrogen-bond acceptors (Lipinski definition) is 3. The van der Waals surface area contributed by atoms with Gasteiger partial charge in [0.15, 0.2) is 0 Å². The van der Waals surface area contributed by atoms with Crippen molar-refractivity contribution in [2.75, 3.05) is 0 Å². The Hall–Kier alpha value is -3.29. The second-order valence-electron chi connectivity index (χ2n) is 12.4. The van der Waals surface area contributed by atoms with Crippen molar-refractivity contribution in [2.24, 2.45) is 0 Å². The van der Waals surface area contributed by atoms with E-state index in [2.05, 4.69) is 98.7 Å². The maximum atomic E-state index is 7.09. The van der Waals surface area contributed by atoms with Gasteiger partial charge in [0.05, 0.1) is 0 Å². The van der Waals surface area contributed by atoms with Gasteiger partial charge in [-0.1, -0.05) is 0 Å². The van der Waals surface area contributed by atoms with Crippen LogP contribution in [0.5, 0.6) is 17.2 Å². The van der Waals surface area contributed by atoms with Crippen LogP contribution in [0.2, 0.25) is 0 Å². The Kier molecular flexibility index (Phi) is 8.14. The average Bonchev–Trinajstić information content (AvgIpc) is 2.87. The molecule has 0 saturated carbocycles. The van der Waals surface area contributed by atoms with Crippen LogP contribution in [0.3, 0.4) is 0 Å². The van der Waals surface area contributed by atoms with Gasteiger partial charge in [0.1, 0.15) is 0 Å². The van der Waals surface area contributed by atoms with E-state index in [4.69, 9.17) is 13.6 Å². The van der Waals surface area contributed by atoms with Crippen LogP contribution in [-0.2, 0) is 10.8 Å². The van der Waals surface area contributed by atoms with E-state index >= 15 is 0 Å². The Morgan fingerprint density at radius 2 is 0.872 bits per heavy atom. The number of benzene rings is 4. The summed E-state index contributed by atoms with van der Waals surface area (Å²) < 4.78 is 21.3. The molecule has 3 nitrogen and oxygen atoms in total. The first kappa shape index (κ1) is 28.7. The molecule has 4 heteroatoms. The van der Waals surface area contributed by atoms with E-state index in [1.54, 1.807) is 0 Å². The first-order valence-electron chi connectivity index (χ1n) is 13.7. The van der Waals surface area contributed by atoms with E-state index in [-0.39, 0.29) is 10.8 Å².